The lowest BCUT2D eigenvalue weighted by Crippen LogP contribution is -2.45. The summed E-state index contributed by atoms with van der Waals surface area (Å²) >= 11 is 0. The molecule has 48 heavy (non-hydrogen) atoms. The molecule has 0 heterocycles. The average molecular weight is 672 g/mol. The van der Waals surface area contributed by atoms with E-state index in [9.17, 15) is 15.0 Å². The van der Waals surface area contributed by atoms with Gasteiger partial charge in [0.2, 0.25) is 5.91 Å². The van der Waals surface area contributed by atoms with E-state index in [4.69, 9.17) is 0 Å². The van der Waals surface area contributed by atoms with Gasteiger partial charge in [0.25, 0.3) is 0 Å². The Morgan fingerprint density at radius 2 is 0.854 bits per heavy atom. The lowest BCUT2D eigenvalue weighted by molar-refractivity contribution is -0.123. The van der Waals surface area contributed by atoms with Crippen LogP contribution in [0.25, 0.3) is 0 Å². The number of hydrogen-bond donors (Lipinski definition) is 3. The van der Waals surface area contributed by atoms with Crippen LogP contribution < -0.4 is 5.32 Å². The molecule has 0 aromatic rings. The predicted molar refractivity (Wildman–Crippen MR) is 211 cm³/mol. The van der Waals surface area contributed by atoms with Gasteiger partial charge in [0, 0.05) is 6.42 Å². The monoisotopic (exact) mass is 672 g/mol. The van der Waals surface area contributed by atoms with Crippen molar-refractivity contribution in [3.63, 3.8) is 0 Å². The first kappa shape index (κ1) is 46.4. The van der Waals surface area contributed by atoms with Crippen molar-refractivity contribution in [2.45, 2.75) is 219 Å². The maximum Gasteiger partial charge on any atom is 0.220 e. The Morgan fingerprint density at radius 3 is 1.27 bits per heavy atom. The first-order valence-electron chi connectivity index (χ1n) is 20.9. The first-order valence-corrected chi connectivity index (χ1v) is 20.9. The van der Waals surface area contributed by atoms with E-state index in [1.807, 2.05) is 6.08 Å². The van der Waals surface area contributed by atoms with Crippen molar-refractivity contribution in [2.75, 3.05) is 6.61 Å². The van der Waals surface area contributed by atoms with Crippen LogP contribution in [0.1, 0.15) is 206 Å². The van der Waals surface area contributed by atoms with E-state index >= 15 is 0 Å². The number of rotatable bonds is 37. The molecule has 0 aliphatic rings. The van der Waals surface area contributed by atoms with Gasteiger partial charge in [-0.15, -0.1) is 0 Å². The van der Waals surface area contributed by atoms with Crippen molar-refractivity contribution in [2.24, 2.45) is 0 Å². The Morgan fingerprint density at radius 1 is 0.500 bits per heavy atom. The Kier molecular flexibility index (Phi) is 38.4. The summed E-state index contributed by atoms with van der Waals surface area (Å²) in [6, 6.07) is -0.623. The molecule has 0 radical (unpaired) electrons. The minimum Gasteiger partial charge on any atom is -0.394 e. The van der Waals surface area contributed by atoms with E-state index in [0.29, 0.717) is 6.42 Å². The average Bonchev–Trinajstić information content (AvgIpc) is 3.09. The summed E-state index contributed by atoms with van der Waals surface area (Å²) < 4.78 is 0. The van der Waals surface area contributed by atoms with Crippen LogP contribution in [-0.4, -0.2) is 34.9 Å². The van der Waals surface area contributed by atoms with E-state index < -0.39 is 12.1 Å². The zero-order valence-electron chi connectivity index (χ0n) is 32.0. The molecule has 0 rings (SSSR count). The normalized spacial score (nSPS) is 13.5. The van der Waals surface area contributed by atoms with E-state index in [-0.39, 0.29) is 12.5 Å². The smallest absolute Gasteiger partial charge is 0.220 e. The summed E-state index contributed by atoms with van der Waals surface area (Å²) in [7, 11) is 0. The Bertz CT molecular complexity index is 771. The molecule has 4 nitrogen and oxygen atoms in total. The lowest BCUT2D eigenvalue weighted by Gasteiger charge is -2.20. The van der Waals surface area contributed by atoms with Crippen LogP contribution in [0.15, 0.2) is 48.6 Å². The summed E-state index contributed by atoms with van der Waals surface area (Å²) in [6.45, 7) is 4.27. The maximum absolute atomic E-state index is 12.3. The van der Waals surface area contributed by atoms with Gasteiger partial charge in [-0.3, -0.25) is 4.79 Å². The van der Waals surface area contributed by atoms with Gasteiger partial charge in [-0.1, -0.05) is 191 Å². The molecule has 3 N–H and O–H groups in total. The zero-order chi connectivity index (χ0) is 35.0. The molecule has 0 saturated heterocycles. The molecule has 0 aliphatic heterocycles. The highest BCUT2D eigenvalue weighted by atomic mass is 16.3. The highest BCUT2D eigenvalue weighted by Crippen LogP contribution is 2.13. The van der Waals surface area contributed by atoms with Crippen LogP contribution in [0.5, 0.6) is 0 Å². The fourth-order valence-corrected chi connectivity index (χ4v) is 6.07. The number of carbonyl (C=O) groups is 1. The molecule has 0 saturated carbocycles. The van der Waals surface area contributed by atoms with Crippen molar-refractivity contribution in [3.05, 3.63) is 48.6 Å². The molecule has 0 bridgehead atoms. The topological polar surface area (TPSA) is 69.6 Å². The van der Waals surface area contributed by atoms with E-state index in [1.165, 1.54) is 148 Å². The minimum absolute atomic E-state index is 0.0711. The van der Waals surface area contributed by atoms with Crippen LogP contribution in [0.3, 0.4) is 0 Å². The highest BCUT2D eigenvalue weighted by Gasteiger charge is 2.17. The van der Waals surface area contributed by atoms with Gasteiger partial charge in [-0.05, 0) is 57.8 Å². The summed E-state index contributed by atoms with van der Waals surface area (Å²) in [5.41, 5.74) is 0. The third-order valence-electron chi connectivity index (χ3n) is 9.31. The number of aliphatic hydroxyl groups is 2. The third-order valence-corrected chi connectivity index (χ3v) is 9.31. The predicted octanol–water partition coefficient (Wildman–Crippen LogP) is 12.8. The molecule has 0 aromatic carbocycles. The molecular weight excluding hydrogens is 590 g/mol. The van der Waals surface area contributed by atoms with Crippen LogP contribution in [0.4, 0.5) is 0 Å². The quantitative estimate of drug-likeness (QED) is 0.0455. The second kappa shape index (κ2) is 39.8. The summed E-state index contributed by atoms with van der Waals surface area (Å²) in [6.07, 6.45) is 53.5. The molecule has 0 aromatic heterocycles. The molecule has 2 atom stereocenters. The number of unbranched alkanes of at least 4 members (excludes halogenated alkanes) is 24. The second-order valence-electron chi connectivity index (χ2n) is 14.1. The molecule has 0 fully saturated rings. The molecule has 280 valence electrons. The number of hydrogen-bond acceptors (Lipinski definition) is 3. The number of aliphatic hydroxyl groups excluding tert-OH is 2. The molecular formula is C44H81NO3. The minimum atomic E-state index is -0.839. The van der Waals surface area contributed by atoms with Gasteiger partial charge >= 0.3 is 0 Å². The molecule has 4 heteroatoms. The SMILES string of the molecule is CCCCCCC/C=C\C/C=C\C/C=C\CCCCCCCCCCCCC(=O)NC(CO)C(O)/C=C/CCCCCCCCCCC. The van der Waals surface area contributed by atoms with Crippen LogP contribution in [0.2, 0.25) is 0 Å². The zero-order valence-corrected chi connectivity index (χ0v) is 32.0. The third kappa shape index (κ3) is 35.7. The van der Waals surface area contributed by atoms with Crippen molar-refractivity contribution in [1.82, 2.24) is 5.32 Å². The summed E-state index contributed by atoms with van der Waals surface area (Å²) in [5, 5.41) is 22.9. The largest absolute Gasteiger partial charge is 0.394 e. The maximum atomic E-state index is 12.3. The lowest BCUT2D eigenvalue weighted by atomic mass is 10.0. The van der Waals surface area contributed by atoms with Crippen LogP contribution in [-0.2, 0) is 4.79 Å². The van der Waals surface area contributed by atoms with Gasteiger partial charge in [0.1, 0.15) is 0 Å². The Hall–Kier alpha value is -1.65. The fourth-order valence-electron chi connectivity index (χ4n) is 6.07. The Labute approximate surface area is 299 Å². The van der Waals surface area contributed by atoms with Gasteiger partial charge in [0.05, 0.1) is 18.8 Å². The summed E-state index contributed by atoms with van der Waals surface area (Å²) in [5.74, 6) is -0.0711. The highest BCUT2D eigenvalue weighted by molar-refractivity contribution is 5.76. The van der Waals surface area contributed by atoms with Crippen molar-refractivity contribution < 1.29 is 15.0 Å². The van der Waals surface area contributed by atoms with Crippen molar-refractivity contribution >= 4 is 5.91 Å². The van der Waals surface area contributed by atoms with Crippen LogP contribution >= 0.6 is 0 Å². The van der Waals surface area contributed by atoms with Crippen molar-refractivity contribution in [1.29, 1.82) is 0 Å². The standard InChI is InChI=1S/C44H81NO3/c1-3-5-7-9-11-13-15-16-17-18-19-20-21-22-23-24-25-26-27-28-30-32-34-36-38-40-44(48)45-42(41-46)43(47)39-37-35-33-31-29-14-12-10-8-6-4-2/h15-16,18-19,21-22,37,39,42-43,46-47H,3-14,17,20,23-36,38,40-41H2,1-2H3,(H,45,48)/b16-15-,19-18-,22-21-,39-37+. The van der Waals surface area contributed by atoms with Crippen molar-refractivity contribution in [3.8, 4) is 0 Å². The number of nitrogens with one attached hydrogen (secondary N) is 1. The molecule has 2 unspecified atom stereocenters. The van der Waals surface area contributed by atoms with Gasteiger partial charge in [-0.2, -0.15) is 0 Å². The van der Waals surface area contributed by atoms with Crippen LogP contribution in [0, 0.1) is 0 Å². The second-order valence-corrected chi connectivity index (χ2v) is 14.1. The number of allylic oxidation sites excluding steroid dienone is 7. The first-order chi connectivity index (χ1) is 23.7. The van der Waals surface area contributed by atoms with E-state index in [2.05, 4.69) is 55.6 Å². The molecule has 1 amide bonds. The Balaban J connectivity index is 3.57. The molecule has 0 aliphatic carbocycles. The fraction of sp³-hybridized carbons (Fsp3) is 0.795. The van der Waals surface area contributed by atoms with Gasteiger partial charge in [0.15, 0.2) is 0 Å². The van der Waals surface area contributed by atoms with Gasteiger partial charge < -0.3 is 15.5 Å². The number of amides is 1. The van der Waals surface area contributed by atoms with E-state index in [1.54, 1.807) is 6.08 Å². The number of carbonyl (C=O) groups excluding carboxylic acids is 1. The van der Waals surface area contributed by atoms with E-state index in [0.717, 1.165) is 38.5 Å². The molecule has 0 spiro atoms. The summed E-state index contributed by atoms with van der Waals surface area (Å²) in [4.78, 5) is 12.3. The van der Waals surface area contributed by atoms with Gasteiger partial charge in [-0.25, -0.2) is 0 Å².